The minimum Gasteiger partial charge on any atom is -0.382 e. The van der Waals surface area contributed by atoms with Gasteiger partial charge in [-0.15, -0.1) is 10.2 Å². The Hall–Kier alpha value is -2.19. The first-order chi connectivity index (χ1) is 13.1. The monoisotopic (exact) mass is 387 g/mol. The van der Waals surface area contributed by atoms with Crippen molar-refractivity contribution >= 4 is 39.7 Å². The first-order valence-corrected chi connectivity index (χ1v) is 10.2. The van der Waals surface area contributed by atoms with Crippen molar-refractivity contribution in [3.63, 3.8) is 0 Å². The van der Waals surface area contributed by atoms with Crippen molar-refractivity contribution in [2.24, 2.45) is 0 Å². The summed E-state index contributed by atoms with van der Waals surface area (Å²) in [4.78, 5) is 19.7. The molecule has 27 heavy (non-hydrogen) atoms. The molecule has 2 aromatic heterocycles. The zero-order chi connectivity index (χ0) is 19.2. The highest BCUT2D eigenvalue weighted by atomic mass is 32.2. The van der Waals surface area contributed by atoms with Crippen LogP contribution < -0.4 is 5.32 Å². The van der Waals surface area contributed by atoms with Crippen LogP contribution in [0.25, 0.3) is 22.1 Å². The summed E-state index contributed by atoms with van der Waals surface area (Å²) >= 11 is 1.28. The first kappa shape index (κ1) is 19.6. The van der Waals surface area contributed by atoms with Crippen LogP contribution in [0.4, 0.5) is 0 Å². The van der Waals surface area contributed by atoms with Crippen LogP contribution in [0.15, 0.2) is 23.4 Å². The number of fused-ring (bicyclic) bond motifs is 3. The number of thioether (sulfide) groups is 1. The van der Waals surface area contributed by atoms with E-state index in [-0.39, 0.29) is 11.7 Å². The standard InChI is InChI=1S/C19H25N5O2S/c1-4-26-9-5-8-20-16(25)11-27-19-22-18-17(23-24-19)14-10-13(12(2)3)6-7-15(14)21-18/h6-7,10,12H,4-5,8-9,11H2,1-3H3,(H,20,25)(H,21,22,24). The number of ether oxygens (including phenoxy) is 1. The molecule has 0 aliphatic carbocycles. The van der Waals surface area contributed by atoms with Gasteiger partial charge in [0, 0.05) is 30.7 Å². The maximum absolute atomic E-state index is 11.9. The number of rotatable bonds is 9. The lowest BCUT2D eigenvalue weighted by molar-refractivity contribution is -0.118. The molecule has 1 amide bonds. The minimum atomic E-state index is -0.0431. The second kappa shape index (κ2) is 9.14. The minimum absolute atomic E-state index is 0.0431. The van der Waals surface area contributed by atoms with Crippen molar-refractivity contribution in [1.29, 1.82) is 0 Å². The van der Waals surface area contributed by atoms with Crippen LogP contribution in [0.1, 0.15) is 38.7 Å². The van der Waals surface area contributed by atoms with E-state index in [1.807, 2.05) is 6.92 Å². The molecule has 0 fully saturated rings. The van der Waals surface area contributed by atoms with E-state index in [1.165, 1.54) is 17.3 Å². The van der Waals surface area contributed by atoms with Crippen LogP contribution in [0.3, 0.4) is 0 Å². The van der Waals surface area contributed by atoms with E-state index in [9.17, 15) is 4.79 Å². The van der Waals surface area contributed by atoms with Crippen molar-refractivity contribution < 1.29 is 9.53 Å². The van der Waals surface area contributed by atoms with E-state index in [2.05, 4.69) is 57.5 Å². The summed E-state index contributed by atoms with van der Waals surface area (Å²) in [5.41, 5.74) is 3.70. The smallest absolute Gasteiger partial charge is 0.230 e. The van der Waals surface area contributed by atoms with Crippen LogP contribution in [0, 0.1) is 0 Å². The van der Waals surface area contributed by atoms with Gasteiger partial charge in [-0.25, -0.2) is 4.98 Å². The van der Waals surface area contributed by atoms with Crippen molar-refractivity contribution in [2.75, 3.05) is 25.5 Å². The van der Waals surface area contributed by atoms with Crippen LogP contribution in [-0.4, -0.2) is 51.6 Å². The number of carbonyl (C=O) groups is 1. The van der Waals surface area contributed by atoms with E-state index in [0.29, 0.717) is 36.5 Å². The highest BCUT2D eigenvalue weighted by Crippen LogP contribution is 2.27. The Kier molecular flexibility index (Phi) is 6.63. The molecule has 0 radical (unpaired) electrons. The molecule has 2 N–H and O–H groups in total. The van der Waals surface area contributed by atoms with Crippen LogP contribution in [-0.2, 0) is 9.53 Å². The molecule has 0 saturated carbocycles. The molecule has 7 nitrogen and oxygen atoms in total. The summed E-state index contributed by atoms with van der Waals surface area (Å²) in [6, 6.07) is 6.30. The third-order valence-electron chi connectivity index (χ3n) is 4.21. The topological polar surface area (TPSA) is 92.8 Å². The van der Waals surface area contributed by atoms with Gasteiger partial charge in [-0.2, -0.15) is 0 Å². The first-order valence-electron chi connectivity index (χ1n) is 9.21. The molecule has 0 aliphatic rings. The lowest BCUT2D eigenvalue weighted by Crippen LogP contribution is -2.27. The van der Waals surface area contributed by atoms with Gasteiger partial charge in [0.1, 0.15) is 5.52 Å². The zero-order valence-corrected chi connectivity index (χ0v) is 16.7. The number of aromatic amines is 1. The fraction of sp³-hybridized carbons (Fsp3) is 0.474. The van der Waals surface area contributed by atoms with E-state index < -0.39 is 0 Å². The fourth-order valence-electron chi connectivity index (χ4n) is 2.72. The number of nitrogens with one attached hydrogen (secondary N) is 2. The Balaban J connectivity index is 1.63. The molecular formula is C19H25N5O2S. The van der Waals surface area contributed by atoms with Crippen LogP contribution in [0.2, 0.25) is 0 Å². The Morgan fingerprint density at radius 3 is 2.96 bits per heavy atom. The molecule has 0 unspecified atom stereocenters. The molecule has 0 bridgehead atoms. The summed E-state index contributed by atoms with van der Waals surface area (Å²) in [5.74, 6) is 0.667. The van der Waals surface area contributed by atoms with Gasteiger partial charge in [0.2, 0.25) is 11.1 Å². The molecule has 2 heterocycles. The van der Waals surface area contributed by atoms with Crippen LogP contribution >= 0.6 is 11.8 Å². The van der Waals surface area contributed by atoms with Gasteiger partial charge >= 0.3 is 0 Å². The molecule has 0 spiro atoms. The molecule has 0 atom stereocenters. The Bertz CT molecular complexity index is 925. The molecule has 3 rings (SSSR count). The quantitative estimate of drug-likeness (QED) is 0.432. The van der Waals surface area contributed by atoms with E-state index in [4.69, 9.17) is 4.74 Å². The van der Waals surface area contributed by atoms with Gasteiger partial charge in [0.15, 0.2) is 5.65 Å². The molecular weight excluding hydrogens is 362 g/mol. The molecule has 0 saturated heterocycles. The number of aromatic nitrogens is 4. The number of H-pyrrole nitrogens is 1. The Morgan fingerprint density at radius 2 is 2.19 bits per heavy atom. The van der Waals surface area contributed by atoms with Gasteiger partial charge in [0.25, 0.3) is 0 Å². The second-order valence-corrected chi connectivity index (χ2v) is 7.51. The van der Waals surface area contributed by atoms with Gasteiger partial charge in [-0.05, 0) is 37.0 Å². The number of carbonyl (C=O) groups excluding carboxylic acids is 1. The molecule has 1 aromatic carbocycles. The van der Waals surface area contributed by atoms with Crippen LogP contribution in [0.5, 0.6) is 0 Å². The maximum atomic E-state index is 11.9. The maximum Gasteiger partial charge on any atom is 0.230 e. The summed E-state index contributed by atoms with van der Waals surface area (Å²) < 4.78 is 5.24. The zero-order valence-electron chi connectivity index (χ0n) is 15.9. The molecule has 144 valence electrons. The van der Waals surface area contributed by atoms with Crippen molar-refractivity contribution in [1.82, 2.24) is 25.5 Å². The SMILES string of the molecule is CCOCCCNC(=O)CSc1nnc2c(n1)[nH]c1ccc(C(C)C)cc12. The third kappa shape index (κ3) is 4.95. The highest BCUT2D eigenvalue weighted by molar-refractivity contribution is 7.99. The summed E-state index contributed by atoms with van der Waals surface area (Å²) in [7, 11) is 0. The van der Waals surface area contributed by atoms with Crippen molar-refractivity contribution in [2.45, 2.75) is 38.3 Å². The Labute approximate surface area is 162 Å². The number of hydrogen-bond acceptors (Lipinski definition) is 6. The number of hydrogen-bond donors (Lipinski definition) is 2. The predicted molar refractivity (Wildman–Crippen MR) is 108 cm³/mol. The normalized spacial score (nSPS) is 11.6. The number of benzene rings is 1. The average Bonchev–Trinajstić information content (AvgIpc) is 3.03. The molecule has 8 heteroatoms. The lowest BCUT2D eigenvalue weighted by atomic mass is 10.0. The lowest BCUT2D eigenvalue weighted by Gasteiger charge is -2.04. The second-order valence-electron chi connectivity index (χ2n) is 6.57. The van der Waals surface area contributed by atoms with Gasteiger partial charge in [0.05, 0.1) is 5.75 Å². The molecule has 3 aromatic rings. The van der Waals surface area contributed by atoms with Gasteiger partial charge in [-0.3, -0.25) is 4.79 Å². The number of nitrogens with zero attached hydrogens (tertiary/aromatic N) is 3. The predicted octanol–water partition coefficient (Wildman–Crippen LogP) is 3.26. The van der Waals surface area contributed by atoms with Gasteiger partial charge < -0.3 is 15.0 Å². The van der Waals surface area contributed by atoms with Gasteiger partial charge in [-0.1, -0.05) is 31.7 Å². The summed E-state index contributed by atoms with van der Waals surface area (Å²) in [6.07, 6.45) is 0.807. The Morgan fingerprint density at radius 1 is 1.33 bits per heavy atom. The summed E-state index contributed by atoms with van der Waals surface area (Å²) in [6.45, 7) is 8.25. The fourth-order valence-corrected chi connectivity index (χ4v) is 3.34. The van der Waals surface area contributed by atoms with E-state index in [0.717, 1.165) is 22.8 Å². The van der Waals surface area contributed by atoms with E-state index in [1.54, 1.807) is 0 Å². The largest absolute Gasteiger partial charge is 0.382 e. The highest BCUT2D eigenvalue weighted by Gasteiger charge is 2.12. The van der Waals surface area contributed by atoms with Crippen molar-refractivity contribution in [3.05, 3.63) is 23.8 Å². The third-order valence-corrected chi connectivity index (χ3v) is 5.05. The average molecular weight is 388 g/mol. The number of amides is 1. The summed E-state index contributed by atoms with van der Waals surface area (Å²) in [5, 5.41) is 12.9. The van der Waals surface area contributed by atoms with Crippen molar-refractivity contribution in [3.8, 4) is 0 Å². The van der Waals surface area contributed by atoms with E-state index >= 15 is 0 Å². The molecule has 0 aliphatic heterocycles.